The van der Waals surface area contributed by atoms with Crippen LogP contribution in [-0.2, 0) is 0 Å². The quantitative estimate of drug-likeness (QED) is 0.582. The molecule has 4 nitrogen and oxygen atoms in total. The smallest absolute Gasteiger partial charge is 0.305 e. The van der Waals surface area contributed by atoms with Crippen molar-refractivity contribution in [1.29, 1.82) is 0 Å². The van der Waals surface area contributed by atoms with Gasteiger partial charge in [-0.25, -0.2) is 9.78 Å². The number of nitrogens with zero attached hydrogens (tertiary/aromatic N) is 2. The first-order valence-corrected chi connectivity index (χ1v) is 6.98. The second-order valence-electron chi connectivity index (χ2n) is 4.42. The Hall–Kier alpha value is -2.53. The van der Waals surface area contributed by atoms with Crippen LogP contribution in [0.5, 0.6) is 0 Å². The van der Waals surface area contributed by atoms with Crippen molar-refractivity contribution in [2.75, 3.05) is 0 Å². The van der Waals surface area contributed by atoms with Gasteiger partial charge in [0.05, 0.1) is 15.7 Å². The number of fused-ring (bicyclic) bond motifs is 2. The van der Waals surface area contributed by atoms with Crippen LogP contribution >= 0.6 is 11.3 Å². The van der Waals surface area contributed by atoms with E-state index in [0.29, 0.717) is 5.69 Å². The first kappa shape index (κ1) is 11.3. The summed E-state index contributed by atoms with van der Waals surface area (Å²) in [6, 6.07) is 15.5. The summed E-state index contributed by atoms with van der Waals surface area (Å²) in [4.78, 5) is 23.1. The monoisotopic (exact) mass is 279 g/mol. The van der Waals surface area contributed by atoms with Gasteiger partial charge in [-0.3, -0.25) is 0 Å². The van der Waals surface area contributed by atoms with E-state index in [2.05, 4.69) is 15.0 Å². The molecule has 2 aromatic heterocycles. The molecule has 0 aliphatic carbocycles. The zero-order valence-electron chi connectivity index (χ0n) is 10.3. The highest BCUT2D eigenvalue weighted by Gasteiger charge is 2.12. The predicted molar refractivity (Wildman–Crippen MR) is 81.0 cm³/mol. The van der Waals surface area contributed by atoms with E-state index in [1.165, 1.54) is 0 Å². The molecule has 0 aliphatic heterocycles. The largest absolute Gasteiger partial charge is 0.346 e. The third-order valence-electron chi connectivity index (χ3n) is 3.13. The summed E-state index contributed by atoms with van der Waals surface area (Å²) in [6.07, 6.45) is 0. The maximum absolute atomic E-state index is 11.7. The van der Waals surface area contributed by atoms with Crippen molar-refractivity contribution in [2.45, 2.75) is 0 Å². The summed E-state index contributed by atoms with van der Waals surface area (Å²) >= 11 is 1.55. The number of thiazole rings is 1. The molecule has 0 unspecified atom stereocenters. The molecule has 0 saturated heterocycles. The van der Waals surface area contributed by atoms with Gasteiger partial charge in [-0.1, -0.05) is 30.3 Å². The van der Waals surface area contributed by atoms with E-state index in [-0.39, 0.29) is 5.69 Å². The molecule has 1 N–H and O–H groups in total. The van der Waals surface area contributed by atoms with E-state index in [1.807, 2.05) is 48.5 Å². The Kier molecular flexibility index (Phi) is 2.40. The molecule has 5 heteroatoms. The summed E-state index contributed by atoms with van der Waals surface area (Å²) < 4.78 is 1.09. The molecule has 0 atom stereocenters. The summed E-state index contributed by atoms with van der Waals surface area (Å²) in [7, 11) is 0. The number of hydrogen-bond acceptors (Lipinski definition) is 4. The van der Waals surface area contributed by atoms with Crippen molar-refractivity contribution in [1.82, 2.24) is 15.0 Å². The molecule has 4 aromatic rings. The van der Waals surface area contributed by atoms with Crippen molar-refractivity contribution < 1.29 is 0 Å². The third kappa shape index (κ3) is 1.71. The zero-order valence-corrected chi connectivity index (χ0v) is 11.1. The van der Waals surface area contributed by atoms with Crippen molar-refractivity contribution >= 4 is 32.5 Å². The van der Waals surface area contributed by atoms with Crippen molar-refractivity contribution in [3.8, 4) is 10.7 Å². The average Bonchev–Trinajstić information content (AvgIpc) is 2.90. The molecule has 20 heavy (non-hydrogen) atoms. The number of rotatable bonds is 1. The summed E-state index contributed by atoms with van der Waals surface area (Å²) in [5.74, 6) is 0. The molecule has 0 saturated carbocycles. The summed E-state index contributed by atoms with van der Waals surface area (Å²) in [5, 5.41) is 1.68. The molecule has 96 valence electrons. The van der Waals surface area contributed by atoms with Crippen LogP contribution in [-0.4, -0.2) is 15.0 Å². The predicted octanol–water partition coefficient (Wildman–Crippen LogP) is 3.20. The van der Waals surface area contributed by atoms with Gasteiger partial charge in [-0.05, 0) is 18.2 Å². The molecule has 0 spiro atoms. The van der Waals surface area contributed by atoms with Gasteiger partial charge >= 0.3 is 5.69 Å². The lowest BCUT2D eigenvalue weighted by Gasteiger charge is -2.01. The van der Waals surface area contributed by atoms with Crippen LogP contribution in [0, 0.1) is 0 Å². The third-order valence-corrected chi connectivity index (χ3v) is 4.18. The van der Waals surface area contributed by atoms with E-state index in [9.17, 15) is 4.79 Å². The van der Waals surface area contributed by atoms with Crippen LogP contribution in [0.4, 0.5) is 0 Å². The fourth-order valence-corrected chi connectivity index (χ4v) is 3.21. The Balaban J connectivity index is 2.08. The highest BCUT2D eigenvalue weighted by Crippen LogP contribution is 2.31. The second-order valence-corrected chi connectivity index (χ2v) is 5.45. The maximum Gasteiger partial charge on any atom is 0.346 e. The van der Waals surface area contributed by atoms with Crippen molar-refractivity contribution in [3.05, 3.63) is 59.0 Å². The van der Waals surface area contributed by atoms with Gasteiger partial charge in [-0.15, -0.1) is 11.3 Å². The summed E-state index contributed by atoms with van der Waals surface area (Å²) in [6.45, 7) is 0. The zero-order chi connectivity index (χ0) is 13.5. The Morgan fingerprint density at radius 3 is 2.65 bits per heavy atom. The van der Waals surface area contributed by atoms with E-state index in [1.54, 1.807) is 11.3 Å². The van der Waals surface area contributed by atoms with Crippen molar-refractivity contribution in [3.63, 3.8) is 0 Å². The van der Waals surface area contributed by atoms with E-state index in [0.717, 1.165) is 26.1 Å². The fraction of sp³-hybridized carbons (Fsp3) is 0. The molecular weight excluding hydrogens is 270 g/mol. The number of nitrogens with one attached hydrogen (secondary N) is 1. The lowest BCUT2D eigenvalue weighted by molar-refractivity contribution is 1.12. The molecule has 0 radical (unpaired) electrons. The summed E-state index contributed by atoms with van der Waals surface area (Å²) in [5.41, 5.74) is 2.00. The molecule has 2 heterocycles. The average molecular weight is 279 g/mol. The minimum atomic E-state index is -0.349. The number of aromatic amines is 1. The topological polar surface area (TPSA) is 58.6 Å². The number of para-hydroxylation sites is 2. The standard InChI is InChI=1S/C15H9N3OS/c19-15-17-10-6-2-1-5-9(10)13(18-15)14-16-11-7-3-4-8-12(11)20-14/h1-8H,(H,17,18,19). The Labute approximate surface area is 117 Å². The fourth-order valence-electron chi connectivity index (χ4n) is 2.24. The van der Waals surface area contributed by atoms with Crippen LogP contribution in [0.25, 0.3) is 31.8 Å². The SMILES string of the molecule is O=c1nc(-c2nc3ccccc3s2)c2ccccc2[nH]1. The molecular formula is C15H9N3OS. The Morgan fingerprint density at radius 2 is 1.75 bits per heavy atom. The van der Waals surface area contributed by atoms with Gasteiger partial charge in [0.25, 0.3) is 0 Å². The van der Waals surface area contributed by atoms with Crippen LogP contribution in [0.1, 0.15) is 0 Å². The van der Waals surface area contributed by atoms with Crippen LogP contribution in [0.2, 0.25) is 0 Å². The molecule has 4 rings (SSSR count). The van der Waals surface area contributed by atoms with Crippen LogP contribution in [0.15, 0.2) is 53.3 Å². The minimum absolute atomic E-state index is 0.349. The second kappa shape index (κ2) is 4.25. The lowest BCUT2D eigenvalue weighted by atomic mass is 10.2. The number of benzene rings is 2. The van der Waals surface area contributed by atoms with E-state index >= 15 is 0 Å². The van der Waals surface area contributed by atoms with Crippen LogP contribution < -0.4 is 5.69 Å². The van der Waals surface area contributed by atoms with E-state index < -0.39 is 0 Å². The van der Waals surface area contributed by atoms with Crippen molar-refractivity contribution in [2.24, 2.45) is 0 Å². The molecule has 0 fully saturated rings. The maximum atomic E-state index is 11.7. The van der Waals surface area contributed by atoms with Gasteiger partial charge in [0.2, 0.25) is 0 Å². The molecule has 0 aliphatic rings. The van der Waals surface area contributed by atoms with Gasteiger partial charge < -0.3 is 4.98 Å². The first-order chi connectivity index (χ1) is 9.81. The van der Waals surface area contributed by atoms with Gasteiger partial charge in [0.1, 0.15) is 10.7 Å². The Bertz CT molecular complexity index is 954. The van der Waals surface area contributed by atoms with E-state index in [4.69, 9.17) is 0 Å². The van der Waals surface area contributed by atoms with Gasteiger partial charge in [-0.2, -0.15) is 4.98 Å². The van der Waals surface area contributed by atoms with Crippen LogP contribution in [0.3, 0.4) is 0 Å². The molecule has 0 amide bonds. The first-order valence-electron chi connectivity index (χ1n) is 6.16. The lowest BCUT2D eigenvalue weighted by Crippen LogP contribution is -2.11. The number of aromatic nitrogens is 3. The number of H-pyrrole nitrogens is 1. The number of hydrogen-bond donors (Lipinski definition) is 1. The highest BCUT2D eigenvalue weighted by molar-refractivity contribution is 7.21. The molecule has 2 aromatic carbocycles. The van der Waals surface area contributed by atoms with Gasteiger partial charge in [0.15, 0.2) is 0 Å². The minimum Gasteiger partial charge on any atom is -0.305 e. The normalized spacial score (nSPS) is 11.2. The Morgan fingerprint density at radius 1 is 0.950 bits per heavy atom. The van der Waals surface area contributed by atoms with Gasteiger partial charge in [0, 0.05) is 5.39 Å². The molecule has 0 bridgehead atoms. The highest BCUT2D eigenvalue weighted by atomic mass is 32.1.